The Kier molecular flexibility index (Phi) is 8.53. The molecule has 0 unspecified atom stereocenters. The van der Waals surface area contributed by atoms with Crippen LogP contribution >= 0.6 is 0 Å². The molecule has 0 aliphatic heterocycles. The molecule has 0 aromatic carbocycles. The Hall–Kier alpha value is 0.799. The van der Waals surface area contributed by atoms with Crippen LogP contribution in [0.25, 0.3) is 0 Å². The summed E-state index contributed by atoms with van der Waals surface area (Å²) < 4.78 is 3.30. The van der Waals surface area contributed by atoms with Gasteiger partial charge in [-0.05, 0) is 0 Å². The van der Waals surface area contributed by atoms with Crippen molar-refractivity contribution in [2.24, 2.45) is 0 Å². The summed E-state index contributed by atoms with van der Waals surface area (Å²) in [5.41, 5.74) is 0. The van der Waals surface area contributed by atoms with Crippen LogP contribution in [0.15, 0.2) is 0 Å². The van der Waals surface area contributed by atoms with Gasteiger partial charge in [0.15, 0.2) is 0 Å². The summed E-state index contributed by atoms with van der Waals surface area (Å²) in [7, 11) is 0. The fourth-order valence-corrected chi connectivity index (χ4v) is 8.38. The molecule has 0 saturated heterocycles. The molecule has 10 heavy (non-hydrogen) atoms. The second-order valence-electron chi connectivity index (χ2n) is 3.39. The fourth-order valence-electron chi connectivity index (χ4n) is 1.25. The first-order valence-corrected chi connectivity index (χ1v) is 12.8. The normalized spacial score (nSPS) is 10.8. The molecule has 0 rings (SSSR count). The van der Waals surface area contributed by atoms with Crippen molar-refractivity contribution in [3.63, 3.8) is 0 Å². The van der Waals surface area contributed by atoms with E-state index in [1.807, 2.05) is 0 Å². The van der Waals surface area contributed by atoms with Gasteiger partial charge in [-0.2, -0.15) is 0 Å². The minimum atomic E-state index is -0.857. The van der Waals surface area contributed by atoms with Gasteiger partial charge in [0.2, 0.25) is 0 Å². The van der Waals surface area contributed by atoms with Crippen LogP contribution in [-0.4, -0.2) is 19.8 Å². The van der Waals surface area contributed by atoms with Crippen LogP contribution in [0.3, 0.4) is 0 Å². The molecule has 0 amide bonds. The van der Waals surface area contributed by atoms with Gasteiger partial charge in [0.05, 0.1) is 0 Å². The van der Waals surface area contributed by atoms with Crippen LogP contribution in [0.1, 0.15) is 39.5 Å². The van der Waals surface area contributed by atoms with Gasteiger partial charge in [-0.15, -0.1) is 0 Å². The second kappa shape index (κ2) is 7.90. The Labute approximate surface area is 73.1 Å². The van der Waals surface area contributed by atoms with E-state index in [1.54, 1.807) is 8.87 Å². The Morgan fingerprint density at radius 3 is 1.60 bits per heavy atom. The summed E-state index contributed by atoms with van der Waals surface area (Å²) in [5, 5.41) is 0. The van der Waals surface area contributed by atoms with Crippen molar-refractivity contribution in [3.05, 3.63) is 0 Å². The molecule has 1 heteroatoms. The first kappa shape index (κ1) is 10.8. The minimum absolute atomic E-state index is 0.857. The summed E-state index contributed by atoms with van der Waals surface area (Å²) in [5.74, 6) is 0. The molecular formula is C9H22Sn. The van der Waals surface area contributed by atoms with Gasteiger partial charge in [0.1, 0.15) is 0 Å². The SMILES string of the molecule is CCC[CH2][SnH]([CH3])[CH2]CCC. The third-order valence-electron chi connectivity index (χ3n) is 2.10. The van der Waals surface area contributed by atoms with Crippen LogP contribution in [0, 0.1) is 0 Å². The molecule has 0 radical (unpaired) electrons. The summed E-state index contributed by atoms with van der Waals surface area (Å²) in [6, 6.07) is 0. The Morgan fingerprint density at radius 1 is 0.900 bits per heavy atom. The molecule has 0 nitrogen and oxygen atoms in total. The van der Waals surface area contributed by atoms with E-state index in [4.69, 9.17) is 0 Å². The van der Waals surface area contributed by atoms with Gasteiger partial charge in [-0.3, -0.25) is 0 Å². The second-order valence-corrected chi connectivity index (χ2v) is 13.0. The molecule has 0 aromatic heterocycles. The van der Waals surface area contributed by atoms with Crippen molar-refractivity contribution >= 4 is 19.8 Å². The van der Waals surface area contributed by atoms with Gasteiger partial charge in [-0.1, -0.05) is 0 Å². The number of hydrogen-bond donors (Lipinski definition) is 0. The van der Waals surface area contributed by atoms with Gasteiger partial charge < -0.3 is 0 Å². The van der Waals surface area contributed by atoms with E-state index in [2.05, 4.69) is 18.8 Å². The molecule has 0 fully saturated rings. The number of rotatable bonds is 6. The van der Waals surface area contributed by atoms with E-state index in [-0.39, 0.29) is 0 Å². The number of hydrogen-bond acceptors (Lipinski definition) is 0. The van der Waals surface area contributed by atoms with E-state index < -0.39 is 19.8 Å². The molecule has 0 spiro atoms. The van der Waals surface area contributed by atoms with E-state index in [0.29, 0.717) is 0 Å². The molecule has 0 aliphatic rings. The topological polar surface area (TPSA) is 0 Å². The molecule has 0 heterocycles. The van der Waals surface area contributed by atoms with Crippen molar-refractivity contribution in [3.8, 4) is 0 Å². The molecule has 0 bridgehead atoms. The maximum atomic E-state index is 2.59. The quantitative estimate of drug-likeness (QED) is 0.632. The predicted octanol–water partition coefficient (Wildman–Crippen LogP) is 3.44. The molecule has 0 aliphatic carbocycles. The zero-order valence-electron chi connectivity index (χ0n) is 7.82. The summed E-state index contributed by atoms with van der Waals surface area (Å²) in [6.45, 7) is 4.61. The Bertz CT molecular complexity index is 53.7. The van der Waals surface area contributed by atoms with Crippen LogP contribution < -0.4 is 0 Å². The molecule has 0 saturated carbocycles. The Balaban J connectivity index is 3.00. The average molecular weight is 249 g/mol. The summed E-state index contributed by atoms with van der Waals surface area (Å²) >= 11 is -0.857. The van der Waals surface area contributed by atoms with Crippen molar-refractivity contribution in [1.29, 1.82) is 0 Å². The zero-order valence-corrected chi connectivity index (χ0v) is 11.1. The molecule has 0 atom stereocenters. The molecule has 0 N–H and O–H groups in total. The van der Waals surface area contributed by atoms with Crippen molar-refractivity contribution in [2.75, 3.05) is 0 Å². The van der Waals surface area contributed by atoms with Crippen LogP contribution in [0.4, 0.5) is 0 Å². The first-order chi connectivity index (χ1) is 4.81. The van der Waals surface area contributed by atoms with Crippen molar-refractivity contribution in [1.82, 2.24) is 0 Å². The van der Waals surface area contributed by atoms with Crippen molar-refractivity contribution in [2.45, 2.75) is 53.3 Å². The molecular weight excluding hydrogens is 227 g/mol. The monoisotopic (exact) mass is 250 g/mol. The van der Waals surface area contributed by atoms with Gasteiger partial charge in [0.25, 0.3) is 0 Å². The first-order valence-electron chi connectivity index (χ1n) is 4.81. The molecule has 0 aromatic rings. The van der Waals surface area contributed by atoms with Gasteiger partial charge in [-0.25, -0.2) is 0 Å². The Morgan fingerprint density at radius 2 is 1.30 bits per heavy atom. The van der Waals surface area contributed by atoms with Gasteiger partial charge >= 0.3 is 73.1 Å². The third kappa shape index (κ3) is 6.91. The van der Waals surface area contributed by atoms with E-state index in [1.165, 1.54) is 25.7 Å². The predicted molar refractivity (Wildman–Crippen MR) is 52.4 cm³/mol. The van der Waals surface area contributed by atoms with E-state index >= 15 is 0 Å². The van der Waals surface area contributed by atoms with E-state index in [9.17, 15) is 0 Å². The van der Waals surface area contributed by atoms with Crippen LogP contribution in [-0.2, 0) is 0 Å². The fraction of sp³-hybridized carbons (Fsp3) is 1.00. The summed E-state index contributed by atoms with van der Waals surface area (Å²) in [4.78, 5) is 2.59. The van der Waals surface area contributed by atoms with Crippen LogP contribution in [0.5, 0.6) is 0 Å². The average Bonchev–Trinajstić information content (AvgIpc) is 1.97. The standard InChI is InChI=1S/2C4H9.CH3.Sn.H/c2*1-3-4-2;;;/h2*1,3-4H2,2H3;1H3;;. The van der Waals surface area contributed by atoms with Gasteiger partial charge in [0, 0.05) is 0 Å². The zero-order chi connectivity index (χ0) is 7.82. The van der Waals surface area contributed by atoms with Crippen LogP contribution in [0.2, 0.25) is 13.8 Å². The number of unbranched alkanes of at least 4 members (excludes halogenated alkanes) is 2. The molecule has 62 valence electrons. The van der Waals surface area contributed by atoms with E-state index in [0.717, 1.165) is 0 Å². The van der Waals surface area contributed by atoms with Crippen molar-refractivity contribution < 1.29 is 0 Å². The maximum absolute atomic E-state index is 2.59. The summed E-state index contributed by atoms with van der Waals surface area (Å²) in [6.07, 6.45) is 5.85. The third-order valence-corrected chi connectivity index (χ3v) is 10.1.